The summed E-state index contributed by atoms with van der Waals surface area (Å²) in [7, 11) is 0. The quantitative estimate of drug-likeness (QED) is 0.183. The van der Waals surface area contributed by atoms with E-state index in [4.69, 9.17) is 19.4 Å². The molecule has 7 aromatic carbocycles. The predicted molar refractivity (Wildman–Crippen MR) is 208 cm³/mol. The van der Waals surface area contributed by atoms with Crippen molar-refractivity contribution in [3.8, 4) is 57.0 Å². The van der Waals surface area contributed by atoms with Crippen molar-refractivity contribution in [2.75, 3.05) is 0 Å². The standard InChI is InChI=1S/C46H27N5O/c47-28-29-17-19-30(20-18-29)33-11-8-12-34(25-33)46-49-44(31-9-2-1-3-10-31)48-45(50-46)32-21-23-35(24-22-32)51-40-15-6-4-13-36(40)38-27-43-39(26-41(38)51)37-14-5-7-16-42(37)52-43/h1-27H. The molecule has 3 heterocycles. The molecular formula is C46H27N5O. The maximum atomic E-state index is 9.26. The van der Waals surface area contributed by atoms with Crippen LogP contribution in [0.1, 0.15) is 5.56 Å². The second-order valence-corrected chi connectivity index (χ2v) is 12.8. The van der Waals surface area contributed by atoms with Crippen LogP contribution in [0.3, 0.4) is 0 Å². The van der Waals surface area contributed by atoms with Gasteiger partial charge in [-0.25, -0.2) is 15.0 Å². The third-order valence-corrected chi connectivity index (χ3v) is 9.69. The third-order valence-electron chi connectivity index (χ3n) is 9.69. The summed E-state index contributed by atoms with van der Waals surface area (Å²) >= 11 is 0. The van der Waals surface area contributed by atoms with Crippen molar-refractivity contribution < 1.29 is 4.42 Å². The summed E-state index contributed by atoms with van der Waals surface area (Å²) in [5, 5.41) is 13.8. The molecule has 3 aromatic heterocycles. The lowest BCUT2D eigenvalue weighted by molar-refractivity contribution is 0.669. The second kappa shape index (κ2) is 11.9. The van der Waals surface area contributed by atoms with Gasteiger partial charge in [0.1, 0.15) is 11.2 Å². The number of nitrogens with zero attached hydrogens (tertiary/aromatic N) is 5. The van der Waals surface area contributed by atoms with Crippen LogP contribution in [0.4, 0.5) is 0 Å². The van der Waals surface area contributed by atoms with Crippen molar-refractivity contribution in [2.24, 2.45) is 0 Å². The minimum absolute atomic E-state index is 0.585. The lowest BCUT2D eigenvalue weighted by atomic mass is 10.0. The fourth-order valence-electron chi connectivity index (χ4n) is 7.15. The SMILES string of the molecule is N#Cc1ccc(-c2cccc(-c3nc(-c4ccccc4)nc(-c4ccc(-n5c6ccccc6c6cc7oc8ccccc8c7cc65)cc4)n3)c2)cc1. The molecular weight excluding hydrogens is 639 g/mol. The topological polar surface area (TPSA) is 80.5 Å². The fraction of sp³-hybridized carbons (Fsp3) is 0. The minimum atomic E-state index is 0.585. The highest BCUT2D eigenvalue weighted by atomic mass is 16.3. The molecule has 6 nitrogen and oxygen atoms in total. The van der Waals surface area contributed by atoms with E-state index in [1.807, 2.05) is 78.9 Å². The monoisotopic (exact) mass is 665 g/mol. The van der Waals surface area contributed by atoms with E-state index in [-0.39, 0.29) is 0 Å². The highest BCUT2D eigenvalue weighted by molar-refractivity contribution is 6.17. The first kappa shape index (κ1) is 29.5. The average Bonchev–Trinajstić information content (AvgIpc) is 3.75. The van der Waals surface area contributed by atoms with Crippen LogP contribution in [0.15, 0.2) is 168 Å². The van der Waals surface area contributed by atoms with Crippen LogP contribution in [-0.2, 0) is 0 Å². The zero-order valence-corrected chi connectivity index (χ0v) is 27.7. The molecule has 0 saturated carbocycles. The summed E-state index contributed by atoms with van der Waals surface area (Å²) < 4.78 is 8.59. The molecule has 0 bridgehead atoms. The molecule has 6 heteroatoms. The summed E-state index contributed by atoms with van der Waals surface area (Å²) in [6, 6.07) is 57.5. The van der Waals surface area contributed by atoms with Gasteiger partial charge in [0.15, 0.2) is 17.5 Å². The van der Waals surface area contributed by atoms with Gasteiger partial charge in [-0.15, -0.1) is 0 Å². The van der Waals surface area contributed by atoms with Crippen LogP contribution in [-0.4, -0.2) is 19.5 Å². The Morgan fingerprint density at radius 1 is 0.423 bits per heavy atom. The molecule has 0 saturated heterocycles. The van der Waals surface area contributed by atoms with Crippen molar-refractivity contribution in [2.45, 2.75) is 0 Å². The highest BCUT2D eigenvalue weighted by Gasteiger charge is 2.17. The van der Waals surface area contributed by atoms with Gasteiger partial charge in [-0.1, -0.05) is 97.1 Å². The van der Waals surface area contributed by atoms with Crippen molar-refractivity contribution >= 4 is 43.7 Å². The Labute approximate surface area is 298 Å². The maximum Gasteiger partial charge on any atom is 0.164 e. The van der Waals surface area contributed by atoms with Gasteiger partial charge in [0.2, 0.25) is 0 Å². The summed E-state index contributed by atoms with van der Waals surface area (Å²) in [5.74, 6) is 1.78. The molecule has 0 spiro atoms. The molecule has 52 heavy (non-hydrogen) atoms. The first-order chi connectivity index (χ1) is 25.7. The molecule has 10 rings (SSSR count). The summed E-state index contributed by atoms with van der Waals surface area (Å²) in [5.41, 5.74) is 10.4. The lowest BCUT2D eigenvalue weighted by Gasteiger charge is -2.11. The number of hydrogen-bond acceptors (Lipinski definition) is 5. The maximum absolute atomic E-state index is 9.26. The molecule has 0 unspecified atom stereocenters. The number of para-hydroxylation sites is 2. The van der Waals surface area contributed by atoms with Crippen LogP contribution in [0.25, 0.3) is 94.7 Å². The van der Waals surface area contributed by atoms with Gasteiger partial charge < -0.3 is 8.98 Å². The molecule has 0 radical (unpaired) electrons. The number of aromatic nitrogens is 4. The van der Waals surface area contributed by atoms with Crippen LogP contribution < -0.4 is 0 Å². The minimum Gasteiger partial charge on any atom is -0.456 e. The van der Waals surface area contributed by atoms with Crippen molar-refractivity contribution in [3.63, 3.8) is 0 Å². The molecule has 0 aliphatic carbocycles. The largest absolute Gasteiger partial charge is 0.456 e. The molecule has 0 atom stereocenters. The van der Waals surface area contributed by atoms with E-state index >= 15 is 0 Å². The van der Waals surface area contributed by atoms with Crippen molar-refractivity contribution in [3.05, 3.63) is 169 Å². The van der Waals surface area contributed by atoms with E-state index in [0.29, 0.717) is 23.0 Å². The fourth-order valence-corrected chi connectivity index (χ4v) is 7.15. The van der Waals surface area contributed by atoms with E-state index < -0.39 is 0 Å². The first-order valence-corrected chi connectivity index (χ1v) is 17.1. The molecule has 0 amide bonds. The lowest BCUT2D eigenvalue weighted by Crippen LogP contribution is -2.00. The van der Waals surface area contributed by atoms with E-state index in [1.165, 1.54) is 5.39 Å². The van der Waals surface area contributed by atoms with Gasteiger partial charge in [-0.05, 0) is 77.9 Å². The molecule has 242 valence electrons. The van der Waals surface area contributed by atoms with Gasteiger partial charge in [0.25, 0.3) is 0 Å². The van der Waals surface area contributed by atoms with Gasteiger partial charge >= 0.3 is 0 Å². The Bertz CT molecular complexity index is 3010. The van der Waals surface area contributed by atoms with Gasteiger partial charge in [-0.2, -0.15) is 5.26 Å². The van der Waals surface area contributed by atoms with Crippen LogP contribution in [0.5, 0.6) is 0 Å². The number of rotatable bonds is 5. The number of fused-ring (bicyclic) bond motifs is 6. The molecule has 0 aliphatic heterocycles. The van der Waals surface area contributed by atoms with E-state index in [1.54, 1.807) is 0 Å². The smallest absolute Gasteiger partial charge is 0.164 e. The molecule has 0 N–H and O–H groups in total. The summed E-state index contributed by atoms with van der Waals surface area (Å²) in [4.78, 5) is 15.0. The Hall–Kier alpha value is -7.36. The summed E-state index contributed by atoms with van der Waals surface area (Å²) in [6.45, 7) is 0. The number of hydrogen-bond donors (Lipinski definition) is 0. The Balaban J connectivity index is 1.10. The number of furan rings is 1. The number of benzene rings is 7. The Morgan fingerprint density at radius 2 is 1.04 bits per heavy atom. The zero-order valence-electron chi connectivity index (χ0n) is 27.7. The average molecular weight is 666 g/mol. The van der Waals surface area contributed by atoms with Gasteiger partial charge in [0.05, 0.1) is 22.7 Å². The third kappa shape index (κ3) is 4.92. The van der Waals surface area contributed by atoms with Crippen molar-refractivity contribution in [1.29, 1.82) is 5.26 Å². The summed E-state index contributed by atoms with van der Waals surface area (Å²) in [6.07, 6.45) is 0. The number of nitriles is 1. The zero-order chi connectivity index (χ0) is 34.6. The molecule has 10 aromatic rings. The molecule has 0 fully saturated rings. The van der Waals surface area contributed by atoms with Crippen LogP contribution >= 0.6 is 0 Å². The predicted octanol–water partition coefficient (Wildman–Crippen LogP) is 11.4. The van der Waals surface area contributed by atoms with Gasteiger partial charge in [0, 0.05) is 43.9 Å². The van der Waals surface area contributed by atoms with Crippen molar-refractivity contribution in [1.82, 2.24) is 19.5 Å². The van der Waals surface area contributed by atoms with Crippen LogP contribution in [0.2, 0.25) is 0 Å². The van der Waals surface area contributed by atoms with Crippen LogP contribution in [0, 0.1) is 11.3 Å². The Kier molecular flexibility index (Phi) is 6.76. The molecule has 0 aliphatic rings. The first-order valence-electron chi connectivity index (χ1n) is 17.1. The highest BCUT2D eigenvalue weighted by Crippen LogP contribution is 2.38. The second-order valence-electron chi connectivity index (χ2n) is 12.8. The normalized spacial score (nSPS) is 11.4. The Morgan fingerprint density at radius 3 is 1.81 bits per heavy atom. The van der Waals surface area contributed by atoms with E-state index in [9.17, 15) is 5.26 Å². The van der Waals surface area contributed by atoms with E-state index in [0.717, 1.165) is 71.9 Å². The van der Waals surface area contributed by atoms with Gasteiger partial charge in [-0.3, -0.25) is 0 Å². The van der Waals surface area contributed by atoms with E-state index in [2.05, 4.69) is 95.6 Å².